The molecular weight excluding hydrogens is 259 g/mol. The summed E-state index contributed by atoms with van der Waals surface area (Å²) >= 11 is 3.37. The molecule has 0 saturated carbocycles. The van der Waals surface area contributed by atoms with Crippen molar-refractivity contribution in [2.75, 3.05) is 13.1 Å². The quantitative estimate of drug-likeness (QED) is 0.914. The van der Waals surface area contributed by atoms with Gasteiger partial charge in [0.05, 0.1) is 0 Å². The summed E-state index contributed by atoms with van der Waals surface area (Å²) in [6.07, 6.45) is 1.18. The second-order valence-corrected chi connectivity index (χ2v) is 4.74. The molecule has 0 aromatic heterocycles. The van der Waals surface area contributed by atoms with Gasteiger partial charge in [0.25, 0.3) is 0 Å². The molecule has 1 atom stereocenters. The van der Waals surface area contributed by atoms with E-state index in [1.165, 1.54) is 18.6 Å². The van der Waals surface area contributed by atoms with Crippen molar-refractivity contribution in [3.8, 4) is 0 Å². The molecule has 0 spiro atoms. The van der Waals surface area contributed by atoms with Crippen LogP contribution in [0.3, 0.4) is 0 Å². The fourth-order valence-electron chi connectivity index (χ4n) is 1.84. The van der Waals surface area contributed by atoms with E-state index >= 15 is 0 Å². The Hall–Kier alpha value is -0.450. The van der Waals surface area contributed by atoms with E-state index in [4.69, 9.17) is 5.73 Å². The molecule has 0 amide bonds. The van der Waals surface area contributed by atoms with Crippen LogP contribution in [-0.2, 0) is 6.54 Å². The lowest BCUT2D eigenvalue weighted by Crippen LogP contribution is -2.50. The molecule has 2 nitrogen and oxygen atoms in total. The van der Waals surface area contributed by atoms with E-state index in [0.29, 0.717) is 12.6 Å². The van der Waals surface area contributed by atoms with Crippen LogP contribution in [0.4, 0.5) is 4.39 Å². The maximum atomic E-state index is 12.9. The first-order valence-electron chi connectivity index (χ1n) is 5.08. The Morgan fingerprint density at radius 3 is 2.87 bits per heavy atom. The molecule has 0 aliphatic carbocycles. The number of benzene rings is 1. The summed E-state index contributed by atoms with van der Waals surface area (Å²) in [4.78, 5) is 2.32. The third kappa shape index (κ3) is 2.38. The highest BCUT2D eigenvalue weighted by atomic mass is 79.9. The van der Waals surface area contributed by atoms with Gasteiger partial charge in [-0.2, -0.15) is 0 Å². The van der Waals surface area contributed by atoms with Gasteiger partial charge in [-0.05, 0) is 24.1 Å². The van der Waals surface area contributed by atoms with Crippen LogP contribution in [0.1, 0.15) is 12.0 Å². The minimum atomic E-state index is -0.204. The SMILES string of the molecule is NCC1CCN1Cc1ccc(F)cc1Br. The van der Waals surface area contributed by atoms with Gasteiger partial charge in [-0.3, -0.25) is 4.90 Å². The Morgan fingerprint density at radius 2 is 2.33 bits per heavy atom. The second-order valence-electron chi connectivity index (χ2n) is 3.88. The summed E-state index contributed by atoms with van der Waals surface area (Å²) in [6.45, 7) is 2.65. The molecule has 1 saturated heterocycles. The summed E-state index contributed by atoms with van der Waals surface area (Å²) in [7, 11) is 0. The number of nitrogens with zero attached hydrogens (tertiary/aromatic N) is 1. The van der Waals surface area contributed by atoms with Gasteiger partial charge >= 0.3 is 0 Å². The van der Waals surface area contributed by atoms with Crippen molar-refractivity contribution in [2.45, 2.75) is 19.0 Å². The molecule has 4 heteroatoms. The Morgan fingerprint density at radius 1 is 1.53 bits per heavy atom. The van der Waals surface area contributed by atoms with Crippen LogP contribution in [0.15, 0.2) is 22.7 Å². The molecule has 0 bridgehead atoms. The van der Waals surface area contributed by atoms with E-state index in [1.54, 1.807) is 0 Å². The normalized spacial score (nSPS) is 21.4. The third-order valence-corrected chi connectivity index (χ3v) is 3.66. The molecular formula is C11H14BrFN2. The van der Waals surface area contributed by atoms with Gasteiger partial charge in [0, 0.05) is 30.1 Å². The van der Waals surface area contributed by atoms with Crippen molar-refractivity contribution >= 4 is 15.9 Å². The van der Waals surface area contributed by atoms with Crippen LogP contribution in [0.2, 0.25) is 0 Å². The van der Waals surface area contributed by atoms with E-state index in [0.717, 1.165) is 23.1 Å². The van der Waals surface area contributed by atoms with E-state index in [-0.39, 0.29) is 5.82 Å². The highest BCUT2D eigenvalue weighted by molar-refractivity contribution is 9.10. The van der Waals surface area contributed by atoms with Gasteiger partial charge in [0.1, 0.15) is 5.82 Å². The Balaban J connectivity index is 2.04. The zero-order valence-electron chi connectivity index (χ0n) is 8.42. The maximum absolute atomic E-state index is 12.9. The monoisotopic (exact) mass is 272 g/mol. The number of likely N-dealkylation sites (tertiary alicyclic amines) is 1. The van der Waals surface area contributed by atoms with Crippen molar-refractivity contribution in [2.24, 2.45) is 5.73 Å². The average molecular weight is 273 g/mol. The van der Waals surface area contributed by atoms with Crippen molar-refractivity contribution in [3.63, 3.8) is 0 Å². The zero-order valence-corrected chi connectivity index (χ0v) is 10.0. The molecule has 2 N–H and O–H groups in total. The van der Waals surface area contributed by atoms with E-state index in [2.05, 4.69) is 20.8 Å². The largest absolute Gasteiger partial charge is 0.329 e. The van der Waals surface area contributed by atoms with Crippen LogP contribution in [0.25, 0.3) is 0 Å². The Labute approximate surface area is 97.4 Å². The smallest absolute Gasteiger partial charge is 0.124 e. The van der Waals surface area contributed by atoms with Gasteiger partial charge in [-0.25, -0.2) is 4.39 Å². The van der Waals surface area contributed by atoms with E-state index in [9.17, 15) is 4.39 Å². The number of halogens is 2. The predicted octanol–water partition coefficient (Wildman–Crippen LogP) is 2.12. The lowest BCUT2D eigenvalue weighted by Gasteiger charge is -2.40. The molecule has 1 heterocycles. The van der Waals surface area contributed by atoms with Crippen LogP contribution in [0, 0.1) is 5.82 Å². The minimum absolute atomic E-state index is 0.204. The number of rotatable bonds is 3. The summed E-state index contributed by atoms with van der Waals surface area (Å²) < 4.78 is 13.7. The van der Waals surface area contributed by atoms with Gasteiger partial charge in [0.15, 0.2) is 0 Å². The van der Waals surface area contributed by atoms with Crippen molar-refractivity contribution < 1.29 is 4.39 Å². The van der Waals surface area contributed by atoms with Crippen LogP contribution in [0.5, 0.6) is 0 Å². The number of hydrogen-bond donors (Lipinski definition) is 1. The topological polar surface area (TPSA) is 29.3 Å². The van der Waals surface area contributed by atoms with Gasteiger partial charge < -0.3 is 5.73 Å². The molecule has 1 aromatic carbocycles. The molecule has 1 aliphatic heterocycles. The van der Waals surface area contributed by atoms with Crippen molar-refractivity contribution in [3.05, 3.63) is 34.1 Å². The lowest BCUT2D eigenvalue weighted by molar-refractivity contribution is 0.0879. The molecule has 82 valence electrons. The minimum Gasteiger partial charge on any atom is -0.329 e. The molecule has 1 fully saturated rings. The van der Waals surface area contributed by atoms with Crippen LogP contribution >= 0.6 is 15.9 Å². The second kappa shape index (κ2) is 4.60. The van der Waals surface area contributed by atoms with E-state index in [1.807, 2.05) is 6.07 Å². The molecule has 1 aromatic rings. The first-order valence-corrected chi connectivity index (χ1v) is 5.88. The fraction of sp³-hybridized carbons (Fsp3) is 0.455. The highest BCUT2D eigenvalue weighted by Gasteiger charge is 2.26. The summed E-state index contributed by atoms with van der Waals surface area (Å²) in [5.41, 5.74) is 6.75. The van der Waals surface area contributed by atoms with Crippen LogP contribution in [-0.4, -0.2) is 24.0 Å². The zero-order chi connectivity index (χ0) is 10.8. The van der Waals surface area contributed by atoms with E-state index < -0.39 is 0 Å². The van der Waals surface area contributed by atoms with Gasteiger partial charge in [-0.1, -0.05) is 22.0 Å². The number of hydrogen-bond acceptors (Lipinski definition) is 2. The number of nitrogens with two attached hydrogens (primary N) is 1. The van der Waals surface area contributed by atoms with Crippen LogP contribution < -0.4 is 5.73 Å². The molecule has 1 unspecified atom stereocenters. The predicted molar refractivity (Wildman–Crippen MR) is 62.0 cm³/mol. The summed E-state index contributed by atoms with van der Waals surface area (Å²) in [5.74, 6) is -0.204. The third-order valence-electron chi connectivity index (χ3n) is 2.93. The average Bonchev–Trinajstić information content (AvgIpc) is 2.15. The Kier molecular flexibility index (Phi) is 3.38. The van der Waals surface area contributed by atoms with Crippen molar-refractivity contribution in [1.29, 1.82) is 0 Å². The molecule has 15 heavy (non-hydrogen) atoms. The fourth-order valence-corrected chi connectivity index (χ4v) is 2.31. The molecule has 2 rings (SSSR count). The van der Waals surface area contributed by atoms with Gasteiger partial charge in [-0.15, -0.1) is 0 Å². The maximum Gasteiger partial charge on any atom is 0.124 e. The summed E-state index contributed by atoms with van der Waals surface area (Å²) in [5, 5.41) is 0. The first-order chi connectivity index (χ1) is 7.20. The molecule has 0 radical (unpaired) electrons. The standard InChI is InChI=1S/C11H14BrFN2/c12-11-5-9(13)2-1-8(11)7-15-4-3-10(15)6-14/h1-2,5,10H,3-4,6-7,14H2. The molecule has 1 aliphatic rings. The van der Waals surface area contributed by atoms with Gasteiger partial charge in [0.2, 0.25) is 0 Å². The first kappa shape index (κ1) is 11.0. The highest BCUT2D eigenvalue weighted by Crippen LogP contribution is 2.24. The Bertz CT molecular complexity index is 354. The summed E-state index contributed by atoms with van der Waals surface area (Å²) in [6, 6.07) is 5.33. The lowest BCUT2D eigenvalue weighted by atomic mass is 10.0. The van der Waals surface area contributed by atoms with Crippen molar-refractivity contribution in [1.82, 2.24) is 4.90 Å².